The van der Waals surface area contributed by atoms with Crippen LogP contribution in [0.5, 0.6) is 5.75 Å². The number of nitrogens with zero attached hydrogens (tertiary/aromatic N) is 1. The van der Waals surface area contributed by atoms with Crippen molar-refractivity contribution in [1.82, 2.24) is 15.5 Å². The lowest BCUT2D eigenvalue weighted by Gasteiger charge is -2.15. The summed E-state index contributed by atoms with van der Waals surface area (Å²) in [6.07, 6.45) is 1.04. The van der Waals surface area contributed by atoms with Gasteiger partial charge in [-0.2, -0.15) is 0 Å². The van der Waals surface area contributed by atoms with Gasteiger partial charge in [0.2, 0.25) is 0 Å². The van der Waals surface area contributed by atoms with Crippen LogP contribution in [0.1, 0.15) is 18.9 Å². The van der Waals surface area contributed by atoms with Crippen LogP contribution in [0.25, 0.3) is 0 Å². The van der Waals surface area contributed by atoms with Crippen molar-refractivity contribution in [3.63, 3.8) is 0 Å². The van der Waals surface area contributed by atoms with E-state index in [9.17, 15) is 9.18 Å². The normalized spacial score (nSPS) is 14.4. The minimum absolute atomic E-state index is 0.0673. The Morgan fingerprint density at radius 2 is 2.29 bits per heavy atom. The van der Waals surface area contributed by atoms with Crippen molar-refractivity contribution in [1.29, 1.82) is 0 Å². The molecule has 1 aromatic carbocycles. The highest BCUT2D eigenvalue weighted by molar-refractivity contribution is 5.76. The topological polar surface area (TPSA) is 53.6 Å². The van der Waals surface area contributed by atoms with Gasteiger partial charge in [-0.1, -0.05) is 6.92 Å². The van der Waals surface area contributed by atoms with Crippen LogP contribution in [0.3, 0.4) is 0 Å². The van der Waals surface area contributed by atoms with E-state index >= 15 is 0 Å². The Morgan fingerprint density at radius 3 is 3.00 bits per heavy atom. The Bertz CT molecular complexity index is 482. The summed E-state index contributed by atoms with van der Waals surface area (Å²) in [5.41, 5.74) is 0.859. The van der Waals surface area contributed by atoms with Gasteiger partial charge in [0.05, 0.1) is 6.54 Å². The van der Waals surface area contributed by atoms with Gasteiger partial charge in [0.25, 0.3) is 0 Å². The molecule has 5 nitrogen and oxygen atoms in total. The fourth-order valence-corrected chi connectivity index (χ4v) is 2.21. The van der Waals surface area contributed by atoms with Gasteiger partial charge in [-0.05, 0) is 30.7 Å². The van der Waals surface area contributed by atoms with Crippen LogP contribution < -0.4 is 15.4 Å². The third-order valence-corrected chi connectivity index (χ3v) is 3.26. The number of rotatable bonds is 8. The molecule has 0 saturated carbocycles. The smallest absolute Gasteiger partial charge is 0.317 e. The first kappa shape index (κ1) is 15.6. The van der Waals surface area contributed by atoms with Gasteiger partial charge >= 0.3 is 6.03 Å². The Labute approximate surface area is 124 Å². The van der Waals surface area contributed by atoms with Gasteiger partial charge in [0.15, 0.2) is 0 Å². The molecule has 0 spiro atoms. The molecule has 116 valence electrons. The number of hydrogen-bond donors (Lipinski definition) is 2. The summed E-state index contributed by atoms with van der Waals surface area (Å²) < 4.78 is 19.1. The summed E-state index contributed by atoms with van der Waals surface area (Å²) in [7, 11) is 0. The predicted molar refractivity (Wildman–Crippen MR) is 78.9 cm³/mol. The van der Waals surface area contributed by atoms with Crippen molar-refractivity contribution >= 4 is 6.03 Å². The number of urea groups is 1. The van der Waals surface area contributed by atoms with Gasteiger partial charge in [0.1, 0.15) is 18.2 Å². The Kier molecular flexibility index (Phi) is 5.80. The molecule has 0 atom stereocenters. The van der Waals surface area contributed by atoms with Crippen molar-refractivity contribution in [3.8, 4) is 5.75 Å². The molecule has 0 aromatic heterocycles. The highest BCUT2D eigenvalue weighted by Crippen LogP contribution is 2.16. The molecule has 0 radical (unpaired) electrons. The third-order valence-electron chi connectivity index (χ3n) is 3.26. The molecule has 0 bridgehead atoms. The standard InChI is InChI=1S/C15H22FN3O2/c1-2-3-17-11-12-8-13(16)10-14(9-12)21-7-6-19-5-4-18-15(19)20/h8-10,17H,2-7,11H2,1H3,(H,18,20). The summed E-state index contributed by atoms with van der Waals surface area (Å²) in [4.78, 5) is 13.0. The molecular formula is C15H22FN3O2. The highest BCUT2D eigenvalue weighted by atomic mass is 19.1. The van der Waals surface area contributed by atoms with Gasteiger partial charge in [0, 0.05) is 25.7 Å². The Balaban J connectivity index is 1.82. The van der Waals surface area contributed by atoms with E-state index in [1.807, 2.05) is 6.07 Å². The van der Waals surface area contributed by atoms with E-state index in [-0.39, 0.29) is 11.8 Å². The van der Waals surface area contributed by atoms with Crippen LogP contribution in [-0.2, 0) is 6.54 Å². The number of benzene rings is 1. The molecule has 1 saturated heterocycles. The van der Waals surface area contributed by atoms with E-state index < -0.39 is 0 Å². The van der Waals surface area contributed by atoms with Gasteiger partial charge in [-0.15, -0.1) is 0 Å². The van der Waals surface area contributed by atoms with E-state index in [0.29, 0.717) is 38.5 Å². The second kappa shape index (κ2) is 7.83. The maximum absolute atomic E-state index is 13.5. The minimum atomic E-state index is -0.306. The molecule has 1 heterocycles. The zero-order chi connectivity index (χ0) is 15.1. The van der Waals surface area contributed by atoms with Crippen molar-refractivity contribution in [2.75, 3.05) is 32.8 Å². The molecule has 1 aliphatic rings. The van der Waals surface area contributed by atoms with E-state index in [1.54, 1.807) is 4.90 Å². The first-order chi connectivity index (χ1) is 10.2. The molecule has 1 fully saturated rings. The second-order valence-corrected chi connectivity index (χ2v) is 5.04. The molecule has 0 aliphatic carbocycles. The number of hydrogen-bond acceptors (Lipinski definition) is 3. The van der Waals surface area contributed by atoms with Crippen molar-refractivity contribution < 1.29 is 13.9 Å². The quantitative estimate of drug-likeness (QED) is 0.718. The molecule has 1 aliphatic heterocycles. The first-order valence-corrected chi connectivity index (χ1v) is 7.35. The molecule has 2 N–H and O–H groups in total. The minimum Gasteiger partial charge on any atom is -0.492 e. The number of nitrogens with one attached hydrogen (secondary N) is 2. The van der Waals surface area contributed by atoms with Crippen LogP contribution in [0.15, 0.2) is 18.2 Å². The fourth-order valence-electron chi connectivity index (χ4n) is 2.21. The molecule has 1 aromatic rings. The monoisotopic (exact) mass is 295 g/mol. The van der Waals surface area contributed by atoms with E-state index in [0.717, 1.165) is 18.5 Å². The lowest BCUT2D eigenvalue weighted by atomic mass is 10.2. The summed E-state index contributed by atoms with van der Waals surface area (Å²) in [6.45, 7) is 5.84. The summed E-state index contributed by atoms with van der Waals surface area (Å²) >= 11 is 0. The predicted octanol–water partition coefficient (Wildman–Crippen LogP) is 1.73. The molecular weight excluding hydrogens is 273 g/mol. The zero-order valence-electron chi connectivity index (χ0n) is 12.3. The number of amides is 2. The number of carbonyl (C=O) groups is 1. The molecule has 2 rings (SSSR count). The van der Waals surface area contributed by atoms with Gasteiger partial charge in [-0.25, -0.2) is 9.18 Å². The molecule has 6 heteroatoms. The SMILES string of the molecule is CCCNCc1cc(F)cc(OCCN2CCNC2=O)c1. The fraction of sp³-hybridized carbons (Fsp3) is 0.533. The van der Waals surface area contributed by atoms with Crippen molar-refractivity contribution in [2.24, 2.45) is 0 Å². The van der Waals surface area contributed by atoms with E-state index in [2.05, 4.69) is 17.6 Å². The average Bonchev–Trinajstić information content (AvgIpc) is 2.84. The third kappa shape index (κ3) is 4.90. The van der Waals surface area contributed by atoms with Crippen LogP contribution in [0.2, 0.25) is 0 Å². The Hall–Kier alpha value is -1.82. The molecule has 0 unspecified atom stereocenters. The zero-order valence-corrected chi connectivity index (χ0v) is 12.3. The highest BCUT2D eigenvalue weighted by Gasteiger charge is 2.18. The lowest BCUT2D eigenvalue weighted by molar-refractivity contribution is 0.202. The summed E-state index contributed by atoms with van der Waals surface area (Å²) in [6, 6.07) is 4.63. The number of carbonyl (C=O) groups excluding carboxylic acids is 1. The lowest BCUT2D eigenvalue weighted by Crippen LogP contribution is -2.31. The maximum Gasteiger partial charge on any atom is 0.317 e. The van der Waals surface area contributed by atoms with Crippen LogP contribution >= 0.6 is 0 Å². The number of ether oxygens (including phenoxy) is 1. The molecule has 2 amide bonds. The number of halogens is 1. The average molecular weight is 295 g/mol. The Morgan fingerprint density at radius 1 is 1.43 bits per heavy atom. The van der Waals surface area contributed by atoms with Crippen LogP contribution in [0, 0.1) is 5.82 Å². The van der Waals surface area contributed by atoms with Crippen molar-refractivity contribution in [3.05, 3.63) is 29.6 Å². The van der Waals surface area contributed by atoms with Crippen molar-refractivity contribution in [2.45, 2.75) is 19.9 Å². The summed E-state index contributed by atoms with van der Waals surface area (Å²) in [5.74, 6) is 0.197. The maximum atomic E-state index is 13.5. The van der Waals surface area contributed by atoms with Gasteiger partial charge in [-0.3, -0.25) is 0 Å². The first-order valence-electron chi connectivity index (χ1n) is 7.35. The van der Waals surface area contributed by atoms with Gasteiger partial charge < -0.3 is 20.3 Å². The van der Waals surface area contributed by atoms with E-state index in [1.165, 1.54) is 12.1 Å². The van der Waals surface area contributed by atoms with E-state index in [4.69, 9.17) is 4.74 Å². The van der Waals surface area contributed by atoms with Crippen LogP contribution in [-0.4, -0.2) is 43.7 Å². The summed E-state index contributed by atoms with van der Waals surface area (Å²) in [5, 5.41) is 5.96. The molecule has 21 heavy (non-hydrogen) atoms. The second-order valence-electron chi connectivity index (χ2n) is 5.04. The largest absolute Gasteiger partial charge is 0.492 e. The van der Waals surface area contributed by atoms with Crippen LogP contribution in [0.4, 0.5) is 9.18 Å².